The summed E-state index contributed by atoms with van der Waals surface area (Å²) in [5, 5.41) is 0.994. The highest BCUT2D eigenvalue weighted by Crippen LogP contribution is 2.39. The lowest BCUT2D eigenvalue weighted by Crippen LogP contribution is -2.46. The number of unbranched alkanes of at least 4 members (excludes halogenated alkanes) is 4. The Labute approximate surface area is 341 Å². The van der Waals surface area contributed by atoms with Gasteiger partial charge in [0.15, 0.2) is 34.5 Å². The number of aromatic nitrogens is 1. The average molecular weight is 796 g/mol. The lowest BCUT2D eigenvalue weighted by atomic mass is 10.1. The van der Waals surface area contributed by atoms with E-state index in [1.54, 1.807) is 46.9 Å². The summed E-state index contributed by atoms with van der Waals surface area (Å²) in [6, 6.07) is 24.2. The zero-order valence-corrected chi connectivity index (χ0v) is 34.9. The van der Waals surface area contributed by atoms with Crippen molar-refractivity contribution >= 4 is 33.7 Å². The van der Waals surface area contributed by atoms with Crippen molar-refractivity contribution in [2.75, 3.05) is 88.0 Å². The zero-order valence-electron chi connectivity index (χ0n) is 34.1. The van der Waals surface area contributed by atoms with Gasteiger partial charge in [-0.2, -0.15) is 0 Å². The van der Waals surface area contributed by atoms with Gasteiger partial charge in [-0.1, -0.05) is 30.4 Å². The molecule has 6 rings (SSSR count). The molecule has 57 heavy (non-hydrogen) atoms. The van der Waals surface area contributed by atoms with Gasteiger partial charge in [0.1, 0.15) is 5.01 Å². The zero-order chi connectivity index (χ0) is 39.8. The van der Waals surface area contributed by atoms with Crippen molar-refractivity contribution in [3.05, 3.63) is 83.9 Å². The lowest BCUT2D eigenvalue weighted by molar-refractivity contribution is 0.128. The summed E-state index contributed by atoms with van der Waals surface area (Å²) >= 11 is 1.70. The second-order valence-corrected chi connectivity index (χ2v) is 15.1. The lowest BCUT2D eigenvalue weighted by Gasteiger charge is -2.34. The van der Waals surface area contributed by atoms with Crippen molar-refractivity contribution in [2.24, 2.45) is 0 Å². The molecule has 0 aliphatic carbocycles. The largest absolute Gasteiger partial charge is 0.493 e. The molecule has 10 nitrogen and oxygen atoms in total. The molecule has 304 valence electrons. The van der Waals surface area contributed by atoms with Crippen LogP contribution < -0.4 is 33.2 Å². The van der Waals surface area contributed by atoms with E-state index in [0.29, 0.717) is 30.5 Å². The Morgan fingerprint density at radius 2 is 1.09 bits per heavy atom. The summed E-state index contributed by atoms with van der Waals surface area (Å²) in [4.78, 5) is 10.0. The van der Waals surface area contributed by atoms with Crippen LogP contribution in [0.5, 0.6) is 40.2 Å². The van der Waals surface area contributed by atoms with Crippen LogP contribution in [-0.4, -0.2) is 103 Å². The van der Waals surface area contributed by atoms with Crippen LogP contribution in [0.3, 0.4) is 0 Å². The molecule has 1 aliphatic rings. The molecule has 4 aromatic carbocycles. The Kier molecular flexibility index (Phi) is 15.7. The third-order valence-electron chi connectivity index (χ3n) is 10.3. The number of ether oxygens (including phenoxy) is 7. The van der Waals surface area contributed by atoms with Gasteiger partial charge in [-0.3, -0.25) is 0 Å². The first-order valence-corrected chi connectivity index (χ1v) is 20.7. The molecule has 0 bridgehead atoms. The second kappa shape index (κ2) is 21.5. The molecule has 1 aliphatic heterocycles. The predicted molar refractivity (Wildman–Crippen MR) is 231 cm³/mol. The van der Waals surface area contributed by atoms with Gasteiger partial charge in [0.2, 0.25) is 5.75 Å². The van der Waals surface area contributed by atoms with Crippen LogP contribution in [0.2, 0.25) is 0 Å². The number of methoxy groups -OCH3 is 5. The molecule has 2 heterocycles. The third kappa shape index (κ3) is 11.6. The van der Waals surface area contributed by atoms with Crippen molar-refractivity contribution < 1.29 is 33.2 Å². The number of piperazine rings is 1. The number of rotatable bonds is 22. The van der Waals surface area contributed by atoms with Crippen molar-refractivity contribution in [3.8, 4) is 50.8 Å². The maximum atomic E-state index is 6.22. The third-order valence-corrected chi connectivity index (χ3v) is 11.4. The summed E-state index contributed by atoms with van der Waals surface area (Å²) in [5.41, 5.74) is 4.02. The molecule has 0 spiro atoms. The molecule has 1 fully saturated rings. The number of thiazole rings is 1. The molecule has 0 radical (unpaired) electrons. The number of benzene rings is 4. The summed E-state index contributed by atoms with van der Waals surface area (Å²) in [6.07, 6.45) is 10.7. The fourth-order valence-corrected chi connectivity index (χ4v) is 8.01. The molecule has 5 aromatic rings. The van der Waals surface area contributed by atoms with E-state index in [1.165, 1.54) is 17.5 Å². The Hall–Kier alpha value is -4.97. The second-order valence-electron chi connectivity index (χ2n) is 14.1. The highest BCUT2D eigenvalue weighted by Gasteiger charge is 2.17. The van der Waals surface area contributed by atoms with E-state index in [2.05, 4.69) is 40.1 Å². The summed E-state index contributed by atoms with van der Waals surface area (Å²) in [5.74, 6) is 4.82. The predicted octanol–water partition coefficient (Wildman–Crippen LogP) is 9.59. The van der Waals surface area contributed by atoms with Gasteiger partial charge in [-0.25, -0.2) is 4.98 Å². The number of hydrogen-bond donors (Lipinski definition) is 0. The standard InChI is InChI=1S/C46H57N3O7S/c1-50-38-20-18-34(16-17-35-31-42(52-3)45(54-5)43(32-35)53-4)30-40(38)55-28-12-6-10-22-48-24-26-49(27-25-48)23-11-7-13-29-56-41-33-36(19-21-39(41)51-2)46-47-37-14-8-9-15-44(37)57-46/h8-9,14-21,30-33H,6-7,10-13,22-29H2,1-5H3/b17-16-. The molecule has 1 saturated heterocycles. The highest BCUT2D eigenvalue weighted by molar-refractivity contribution is 7.21. The molecule has 11 heteroatoms. The first-order chi connectivity index (χ1) is 28.0. The first kappa shape index (κ1) is 41.7. The van der Waals surface area contributed by atoms with Crippen LogP contribution in [0, 0.1) is 0 Å². The molecule has 0 N–H and O–H groups in total. The molecule has 0 unspecified atom stereocenters. The van der Waals surface area contributed by atoms with Gasteiger partial charge in [0.25, 0.3) is 0 Å². The smallest absolute Gasteiger partial charge is 0.203 e. The molecule has 0 atom stereocenters. The summed E-state index contributed by atoms with van der Waals surface area (Å²) in [7, 11) is 8.20. The maximum absolute atomic E-state index is 6.22. The van der Waals surface area contributed by atoms with E-state index in [1.807, 2.05) is 54.6 Å². The van der Waals surface area contributed by atoms with Gasteiger partial charge < -0.3 is 43.0 Å². The van der Waals surface area contributed by atoms with E-state index < -0.39 is 0 Å². The number of hydrogen-bond acceptors (Lipinski definition) is 11. The fraction of sp³-hybridized carbons (Fsp3) is 0.413. The van der Waals surface area contributed by atoms with E-state index in [-0.39, 0.29) is 0 Å². The topological polar surface area (TPSA) is 84.0 Å². The highest BCUT2D eigenvalue weighted by atomic mass is 32.1. The maximum Gasteiger partial charge on any atom is 0.203 e. The van der Waals surface area contributed by atoms with Crippen molar-refractivity contribution in [1.82, 2.24) is 14.8 Å². The van der Waals surface area contributed by atoms with Gasteiger partial charge in [-0.15, -0.1) is 11.3 Å². The molecule has 1 aromatic heterocycles. The average Bonchev–Trinajstić information content (AvgIpc) is 3.70. The Morgan fingerprint density at radius 1 is 0.544 bits per heavy atom. The quantitative estimate of drug-likeness (QED) is 0.0499. The Bertz CT molecular complexity index is 1980. The minimum Gasteiger partial charge on any atom is -0.493 e. The van der Waals surface area contributed by atoms with E-state index >= 15 is 0 Å². The fourth-order valence-electron chi connectivity index (χ4n) is 7.05. The van der Waals surface area contributed by atoms with Crippen LogP contribution in [0.1, 0.15) is 49.7 Å². The molecule has 0 amide bonds. The van der Waals surface area contributed by atoms with Gasteiger partial charge in [0.05, 0.1) is 59.0 Å². The number of para-hydroxylation sites is 1. The SMILES string of the molecule is COc1ccc(/C=C\c2cc(OC)c(OC)c(OC)c2)cc1OCCCCCN1CCN(CCCCCOc2cc(-c3nc4ccccc4s3)ccc2OC)CC1. The van der Waals surface area contributed by atoms with Crippen LogP contribution in [0.15, 0.2) is 72.8 Å². The van der Waals surface area contributed by atoms with E-state index in [9.17, 15) is 0 Å². The number of nitrogens with zero attached hydrogens (tertiary/aromatic N) is 3. The molecular formula is C46H57N3O7S. The monoisotopic (exact) mass is 795 g/mol. The van der Waals surface area contributed by atoms with Crippen molar-refractivity contribution in [3.63, 3.8) is 0 Å². The molecular weight excluding hydrogens is 739 g/mol. The van der Waals surface area contributed by atoms with Crippen molar-refractivity contribution in [2.45, 2.75) is 38.5 Å². The first-order valence-electron chi connectivity index (χ1n) is 19.9. The van der Waals surface area contributed by atoms with E-state index in [0.717, 1.165) is 115 Å². The van der Waals surface area contributed by atoms with Crippen molar-refractivity contribution in [1.29, 1.82) is 0 Å². The Balaban J connectivity index is 0.840. The van der Waals surface area contributed by atoms with Gasteiger partial charge in [0, 0.05) is 31.7 Å². The van der Waals surface area contributed by atoms with Crippen LogP contribution in [0.4, 0.5) is 0 Å². The normalized spacial score (nSPS) is 13.6. The summed E-state index contributed by atoms with van der Waals surface area (Å²) < 4.78 is 41.2. The minimum absolute atomic E-state index is 0.572. The van der Waals surface area contributed by atoms with Crippen LogP contribution in [0.25, 0.3) is 32.9 Å². The van der Waals surface area contributed by atoms with Gasteiger partial charge in [-0.05, 0) is 117 Å². The summed E-state index contributed by atoms with van der Waals surface area (Å²) in [6.45, 7) is 8.16. The molecule has 0 saturated carbocycles. The minimum atomic E-state index is 0.572. The number of fused-ring (bicyclic) bond motifs is 1. The van der Waals surface area contributed by atoms with Gasteiger partial charge >= 0.3 is 0 Å². The van der Waals surface area contributed by atoms with Crippen LogP contribution in [-0.2, 0) is 0 Å². The Morgan fingerprint density at radius 3 is 1.67 bits per heavy atom. The van der Waals surface area contributed by atoms with Crippen LogP contribution >= 0.6 is 11.3 Å². The van der Waals surface area contributed by atoms with E-state index in [4.69, 9.17) is 38.1 Å².